The predicted octanol–water partition coefficient (Wildman–Crippen LogP) is 1.91. The Morgan fingerprint density at radius 1 is 1.31 bits per heavy atom. The van der Waals surface area contributed by atoms with Crippen molar-refractivity contribution in [2.45, 2.75) is 25.3 Å². The molecule has 0 spiro atoms. The molecule has 1 aromatic rings. The second-order valence-corrected chi connectivity index (χ2v) is 3.96. The maximum Gasteiger partial charge on any atom is 0.242 e. The van der Waals surface area contributed by atoms with E-state index in [4.69, 9.17) is 0 Å². The molecule has 86 valence electrons. The van der Waals surface area contributed by atoms with Crippen molar-refractivity contribution in [3.05, 3.63) is 30.1 Å². The van der Waals surface area contributed by atoms with Crippen LogP contribution >= 0.6 is 0 Å². The third kappa shape index (κ3) is 2.51. The lowest BCUT2D eigenvalue weighted by molar-refractivity contribution is -0.121. The SMILES string of the molecule is O=C1NCCCCC1Nc1ccccc1F. The number of hydrogen-bond donors (Lipinski definition) is 2. The summed E-state index contributed by atoms with van der Waals surface area (Å²) >= 11 is 0. The van der Waals surface area contributed by atoms with Gasteiger partial charge in [-0.2, -0.15) is 0 Å². The number of para-hydroxylation sites is 1. The van der Waals surface area contributed by atoms with Gasteiger partial charge < -0.3 is 10.6 Å². The standard InChI is InChI=1S/C12H15FN2O/c13-9-5-1-2-6-10(9)15-11-7-3-4-8-14-12(11)16/h1-2,5-6,11,15H,3-4,7-8H2,(H,14,16). The number of benzene rings is 1. The number of amides is 1. The van der Waals surface area contributed by atoms with Crippen LogP contribution < -0.4 is 10.6 Å². The van der Waals surface area contributed by atoms with E-state index < -0.39 is 0 Å². The summed E-state index contributed by atoms with van der Waals surface area (Å²) < 4.78 is 13.4. The normalized spacial score (nSPS) is 21.1. The number of carbonyl (C=O) groups is 1. The average molecular weight is 222 g/mol. The van der Waals surface area contributed by atoms with Crippen molar-refractivity contribution in [3.63, 3.8) is 0 Å². The lowest BCUT2D eigenvalue weighted by atomic mass is 10.1. The summed E-state index contributed by atoms with van der Waals surface area (Å²) in [7, 11) is 0. The van der Waals surface area contributed by atoms with Gasteiger partial charge in [0.15, 0.2) is 0 Å². The van der Waals surface area contributed by atoms with E-state index in [1.54, 1.807) is 18.2 Å². The van der Waals surface area contributed by atoms with Gasteiger partial charge in [0.05, 0.1) is 5.69 Å². The van der Waals surface area contributed by atoms with Crippen molar-refractivity contribution >= 4 is 11.6 Å². The van der Waals surface area contributed by atoms with E-state index in [1.807, 2.05) is 0 Å². The molecular weight excluding hydrogens is 207 g/mol. The van der Waals surface area contributed by atoms with E-state index in [9.17, 15) is 9.18 Å². The molecule has 0 saturated carbocycles. The molecule has 0 bridgehead atoms. The van der Waals surface area contributed by atoms with Crippen LogP contribution in [0.15, 0.2) is 24.3 Å². The van der Waals surface area contributed by atoms with Gasteiger partial charge in [0, 0.05) is 6.54 Å². The van der Waals surface area contributed by atoms with E-state index in [0.717, 1.165) is 19.3 Å². The summed E-state index contributed by atoms with van der Waals surface area (Å²) in [6.45, 7) is 0.717. The molecule has 2 N–H and O–H groups in total. The van der Waals surface area contributed by atoms with Gasteiger partial charge in [-0.3, -0.25) is 4.79 Å². The van der Waals surface area contributed by atoms with E-state index >= 15 is 0 Å². The molecule has 1 aromatic carbocycles. The van der Waals surface area contributed by atoms with Crippen LogP contribution in [0.25, 0.3) is 0 Å². The minimum absolute atomic E-state index is 0.0410. The Bertz CT molecular complexity index is 381. The highest BCUT2D eigenvalue weighted by molar-refractivity contribution is 5.84. The molecule has 1 aliphatic rings. The van der Waals surface area contributed by atoms with E-state index in [-0.39, 0.29) is 17.8 Å². The highest BCUT2D eigenvalue weighted by Crippen LogP contribution is 2.16. The molecule has 1 heterocycles. The lowest BCUT2D eigenvalue weighted by Crippen LogP contribution is -2.38. The molecule has 0 aliphatic carbocycles. The Kier molecular flexibility index (Phi) is 3.39. The van der Waals surface area contributed by atoms with Crippen LogP contribution in [-0.2, 0) is 4.79 Å². The highest BCUT2D eigenvalue weighted by atomic mass is 19.1. The molecule has 4 heteroatoms. The molecule has 16 heavy (non-hydrogen) atoms. The highest BCUT2D eigenvalue weighted by Gasteiger charge is 2.20. The quantitative estimate of drug-likeness (QED) is 0.802. The fourth-order valence-electron chi connectivity index (χ4n) is 1.84. The minimum Gasteiger partial charge on any atom is -0.371 e. The minimum atomic E-state index is -0.320. The second kappa shape index (κ2) is 4.96. The number of hydrogen-bond acceptors (Lipinski definition) is 2. The van der Waals surface area contributed by atoms with E-state index in [1.165, 1.54) is 6.07 Å². The Hall–Kier alpha value is -1.58. The van der Waals surface area contributed by atoms with Crippen molar-refractivity contribution in [3.8, 4) is 0 Å². The molecule has 3 nitrogen and oxygen atoms in total. The van der Waals surface area contributed by atoms with Gasteiger partial charge in [0.25, 0.3) is 0 Å². The molecule has 0 radical (unpaired) electrons. The number of anilines is 1. The van der Waals surface area contributed by atoms with Gasteiger partial charge in [-0.1, -0.05) is 12.1 Å². The first-order valence-corrected chi connectivity index (χ1v) is 5.56. The number of nitrogens with one attached hydrogen (secondary N) is 2. The van der Waals surface area contributed by atoms with Crippen LogP contribution in [0.3, 0.4) is 0 Å². The molecule has 1 fully saturated rings. The van der Waals surface area contributed by atoms with Gasteiger partial charge in [0.2, 0.25) is 5.91 Å². The second-order valence-electron chi connectivity index (χ2n) is 3.96. The summed E-state index contributed by atoms with van der Waals surface area (Å²) in [6, 6.07) is 6.09. The Morgan fingerprint density at radius 2 is 2.12 bits per heavy atom. The molecule has 1 unspecified atom stereocenters. The molecule has 0 aromatic heterocycles. The van der Waals surface area contributed by atoms with Crippen molar-refractivity contribution in [1.29, 1.82) is 0 Å². The third-order valence-electron chi connectivity index (χ3n) is 2.74. The van der Waals surface area contributed by atoms with Crippen LogP contribution in [0, 0.1) is 5.82 Å². The average Bonchev–Trinajstić information content (AvgIpc) is 2.48. The maximum atomic E-state index is 13.4. The number of rotatable bonds is 2. The predicted molar refractivity (Wildman–Crippen MR) is 60.7 cm³/mol. The van der Waals surface area contributed by atoms with Crippen LogP contribution in [0.5, 0.6) is 0 Å². The fourth-order valence-corrected chi connectivity index (χ4v) is 1.84. The van der Waals surface area contributed by atoms with Crippen molar-refractivity contribution in [2.75, 3.05) is 11.9 Å². The smallest absolute Gasteiger partial charge is 0.242 e. The number of carbonyl (C=O) groups excluding carboxylic acids is 1. The summed E-state index contributed by atoms with van der Waals surface area (Å²) in [5, 5.41) is 5.76. The monoisotopic (exact) mass is 222 g/mol. The largest absolute Gasteiger partial charge is 0.371 e. The first-order chi connectivity index (χ1) is 7.77. The van der Waals surface area contributed by atoms with Gasteiger partial charge in [-0.25, -0.2) is 4.39 Å². The lowest BCUT2D eigenvalue weighted by Gasteiger charge is -2.16. The molecule has 1 amide bonds. The van der Waals surface area contributed by atoms with Crippen molar-refractivity contribution < 1.29 is 9.18 Å². The molecule has 1 saturated heterocycles. The van der Waals surface area contributed by atoms with E-state index in [2.05, 4.69) is 10.6 Å². The summed E-state index contributed by atoms with van der Waals surface area (Å²) in [5.74, 6) is -0.361. The zero-order valence-electron chi connectivity index (χ0n) is 9.00. The van der Waals surface area contributed by atoms with Crippen LogP contribution in [0.1, 0.15) is 19.3 Å². The van der Waals surface area contributed by atoms with Crippen LogP contribution in [0.2, 0.25) is 0 Å². The zero-order chi connectivity index (χ0) is 11.4. The molecule has 1 aliphatic heterocycles. The summed E-state index contributed by atoms with van der Waals surface area (Å²) in [4.78, 5) is 11.6. The van der Waals surface area contributed by atoms with E-state index in [0.29, 0.717) is 12.2 Å². The van der Waals surface area contributed by atoms with Crippen molar-refractivity contribution in [1.82, 2.24) is 5.32 Å². The van der Waals surface area contributed by atoms with Gasteiger partial charge >= 0.3 is 0 Å². The number of halogens is 1. The molecular formula is C12H15FN2O. The van der Waals surface area contributed by atoms with Crippen LogP contribution in [0.4, 0.5) is 10.1 Å². The topological polar surface area (TPSA) is 41.1 Å². The van der Waals surface area contributed by atoms with Gasteiger partial charge in [-0.15, -0.1) is 0 Å². The summed E-state index contributed by atoms with van der Waals surface area (Å²) in [6.07, 6.45) is 2.71. The first-order valence-electron chi connectivity index (χ1n) is 5.56. The fraction of sp³-hybridized carbons (Fsp3) is 0.417. The third-order valence-corrected chi connectivity index (χ3v) is 2.74. The maximum absolute atomic E-state index is 13.4. The van der Waals surface area contributed by atoms with Crippen LogP contribution in [-0.4, -0.2) is 18.5 Å². The Labute approximate surface area is 94.0 Å². The Morgan fingerprint density at radius 3 is 2.94 bits per heavy atom. The molecule has 1 atom stereocenters. The van der Waals surface area contributed by atoms with Gasteiger partial charge in [0.1, 0.15) is 11.9 Å². The first kappa shape index (κ1) is 10.9. The summed E-state index contributed by atoms with van der Waals surface area (Å²) in [5.41, 5.74) is 0.393. The molecule has 2 rings (SSSR count). The zero-order valence-corrected chi connectivity index (χ0v) is 9.00. The Balaban J connectivity index is 2.08. The van der Waals surface area contributed by atoms with Gasteiger partial charge in [-0.05, 0) is 31.4 Å². The van der Waals surface area contributed by atoms with Crippen molar-refractivity contribution in [2.24, 2.45) is 0 Å².